The third kappa shape index (κ3) is 0.959. The highest BCUT2D eigenvalue weighted by atomic mass is 79.9. The monoisotopic (exact) mass is 210 g/mol. The van der Waals surface area contributed by atoms with E-state index in [-0.39, 0.29) is 0 Å². The summed E-state index contributed by atoms with van der Waals surface area (Å²) in [5, 5.41) is 0. The van der Waals surface area contributed by atoms with E-state index in [1.807, 2.05) is 16.7 Å². The normalized spacial score (nSPS) is 10.7. The van der Waals surface area contributed by atoms with Crippen molar-refractivity contribution in [2.75, 3.05) is 0 Å². The van der Waals surface area contributed by atoms with E-state index in [0.717, 1.165) is 10.1 Å². The Bertz CT molecular complexity index is 392. The van der Waals surface area contributed by atoms with Crippen molar-refractivity contribution >= 4 is 21.4 Å². The number of halogens is 1. The first-order valence-corrected chi connectivity index (χ1v) is 4.16. The Morgan fingerprint density at radius 1 is 1.55 bits per heavy atom. The fourth-order valence-electron chi connectivity index (χ4n) is 1.18. The second-order valence-electron chi connectivity index (χ2n) is 2.48. The van der Waals surface area contributed by atoms with E-state index >= 15 is 0 Å². The molecule has 0 unspecified atom stereocenters. The van der Waals surface area contributed by atoms with E-state index in [9.17, 15) is 0 Å². The number of nitrogens with zero attached hydrogens (tertiary/aromatic N) is 2. The van der Waals surface area contributed by atoms with Crippen LogP contribution in [0.2, 0.25) is 0 Å². The van der Waals surface area contributed by atoms with Crippen LogP contribution in [0.3, 0.4) is 0 Å². The Labute approximate surface area is 73.0 Å². The minimum Gasteiger partial charge on any atom is -0.305 e. The molecule has 2 aromatic rings. The molecule has 0 saturated carbocycles. The van der Waals surface area contributed by atoms with Crippen LogP contribution in [0.5, 0.6) is 0 Å². The van der Waals surface area contributed by atoms with Crippen LogP contribution >= 0.6 is 15.9 Å². The molecule has 0 atom stereocenters. The van der Waals surface area contributed by atoms with Gasteiger partial charge < -0.3 is 4.40 Å². The molecule has 0 saturated heterocycles. The van der Waals surface area contributed by atoms with Crippen LogP contribution in [0.4, 0.5) is 0 Å². The highest BCUT2D eigenvalue weighted by molar-refractivity contribution is 9.10. The largest absolute Gasteiger partial charge is 0.305 e. The highest BCUT2D eigenvalue weighted by Crippen LogP contribution is 2.18. The van der Waals surface area contributed by atoms with Gasteiger partial charge in [-0.3, -0.25) is 0 Å². The van der Waals surface area contributed by atoms with Crippen LogP contribution < -0.4 is 0 Å². The molecule has 3 heteroatoms. The summed E-state index contributed by atoms with van der Waals surface area (Å²) in [7, 11) is 0. The molecular weight excluding hydrogens is 204 g/mol. The molecule has 0 radical (unpaired) electrons. The van der Waals surface area contributed by atoms with Gasteiger partial charge in [0.05, 0.1) is 5.52 Å². The van der Waals surface area contributed by atoms with Gasteiger partial charge >= 0.3 is 0 Å². The third-order valence-corrected chi connectivity index (χ3v) is 2.30. The lowest BCUT2D eigenvalue weighted by atomic mass is 10.3. The highest BCUT2D eigenvalue weighted by Gasteiger charge is 2.01. The Kier molecular flexibility index (Phi) is 1.46. The van der Waals surface area contributed by atoms with Crippen LogP contribution in [-0.4, -0.2) is 9.38 Å². The Morgan fingerprint density at radius 2 is 2.36 bits per heavy atom. The first-order chi connectivity index (χ1) is 5.29. The number of hydrogen-bond donors (Lipinski definition) is 0. The molecule has 56 valence electrons. The molecule has 0 aliphatic carbocycles. The fraction of sp³-hybridized carbons (Fsp3) is 0.125. The van der Waals surface area contributed by atoms with Gasteiger partial charge in [0.15, 0.2) is 0 Å². The zero-order chi connectivity index (χ0) is 7.84. The summed E-state index contributed by atoms with van der Waals surface area (Å²) >= 11 is 3.39. The van der Waals surface area contributed by atoms with Gasteiger partial charge in [0.2, 0.25) is 0 Å². The summed E-state index contributed by atoms with van der Waals surface area (Å²) in [4.78, 5) is 4.14. The van der Waals surface area contributed by atoms with Gasteiger partial charge in [-0.1, -0.05) is 6.07 Å². The maximum Gasteiger partial charge on any atom is 0.132 e. The Hall–Kier alpha value is -0.830. The Balaban J connectivity index is 2.96. The number of hydrogen-bond acceptors (Lipinski definition) is 1. The average Bonchev–Trinajstić information content (AvgIpc) is 2.34. The topological polar surface area (TPSA) is 17.3 Å². The molecule has 0 N–H and O–H groups in total. The zero-order valence-electron chi connectivity index (χ0n) is 6.08. The van der Waals surface area contributed by atoms with Gasteiger partial charge in [-0.2, -0.15) is 0 Å². The van der Waals surface area contributed by atoms with Crippen molar-refractivity contribution in [3.05, 3.63) is 34.8 Å². The first-order valence-electron chi connectivity index (χ1n) is 3.37. The van der Waals surface area contributed by atoms with Crippen molar-refractivity contribution in [2.45, 2.75) is 6.92 Å². The summed E-state index contributed by atoms with van der Waals surface area (Å²) in [5.41, 5.74) is 2.38. The summed E-state index contributed by atoms with van der Waals surface area (Å²) in [6, 6.07) is 4.08. The van der Waals surface area contributed by atoms with E-state index in [4.69, 9.17) is 0 Å². The van der Waals surface area contributed by atoms with Crippen molar-refractivity contribution in [1.29, 1.82) is 0 Å². The van der Waals surface area contributed by atoms with E-state index in [1.54, 1.807) is 6.33 Å². The van der Waals surface area contributed by atoms with Gasteiger partial charge in [-0.15, -0.1) is 0 Å². The van der Waals surface area contributed by atoms with Gasteiger partial charge in [0.1, 0.15) is 10.9 Å². The van der Waals surface area contributed by atoms with Gasteiger partial charge in [0.25, 0.3) is 0 Å². The predicted molar refractivity (Wildman–Crippen MR) is 47.6 cm³/mol. The smallest absolute Gasteiger partial charge is 0.132 e. The van der Waals surface area contributed by atoms with Crippen LogP contribution in [-0.2, 0) is 0 Å². The van der Waals surface area contributed by atoms with Crippen molar-refractivity contribution in [3.8, 4) is 0 Å². The molecule has 2 aromatic heterocycles. The predicted octanol–water partition coefficient (Wildman–Crippen LogP) is 2.41. The van der Waals surface area contributed by atoms with Crippen molar-refractivity contribution in [3.63, 3.8) is 0 Å². The molecule has 11 heavy (non-hydrogen) atoms. The summed E-state index contributed by atoms with van der Waals surface area (Å²) in [5.74, 6) is 0. The maximum atomic E-state index is 4.14. The van der Waals surface area contributed by atoms with Crippen LogP contribution in [0, 0.1) is 6.92 Å². The molecule has 0 bridgehead atoms. The lowest BCUT2D eigenvalue weighted by molar-refractivity contribution is 1.14. The zero-order valence-corrected chi connectivity index (χ0v) is 7.67. The van der Waals surface area contributed by atoms with Gasteiger partial charge in [-0.25, -0.2) is 4.98 Å². The average molecular weight is 211 g/mol. The molecule has 0 fully saturated rings. The Morgan fingerprint density at radius 3 is 3.09 bits per heavy atom. The summed E-state index contributed by atoms with van der Waals surface area (Å²) < 4.78 is 2.91. The van der Waals surface area contributed by atoms with Crippen molar-refractivity contribution < 1.29 is 0 Å². The van der Waals surface area contributed by atoms with Gasteiger partial charge in [0, 0.05) is 6.20 Å². The van der Waals surface area contributed by atoms with Crippen molar-refractivity contribution in [2.24, 2.45) is 0 Å². The van der Waals surface area contributed by atoms with Crippen LogP contribution in [0.1, 0.15) is 5.56 Å². The standard InChI is InChI=1S/C8H7BrN2/c1-6-3-2-4-11-5-10-8(9)7(6)11/h2-5H,1H3. The summed E-state index contributed by atoms with van der Waals surface area (Å²) in [6.07, 6.45) is 3.78. The molecule has 0 aliphatic heterocycles. The molecule has 2 nitrogen and oxygen atoms in total. The van der Waals surface area contributed by atoms with Gasteiger partial charge in [-0.05, 0) is 34.5 Å². The molecule has 2 heterocycles. The van der Waals surface area contributed by atoms with Crippen molar-refractivity contribution in [1.82, 2.24) is 9.38 Å². The van der Waals surface area contributed by atoms with E-state index in [2.05, 4.69) is 33.9 Å². The SMILES string of the molecule is Cc1cccn2cnc(Br)c12. The number of rotatable bonds is 0. The minimum atomic E-state index is 0.913. The molecule has 2 rings (SSSR count). The molecule has 0 amide bonds. The number of aromatic nitrogens is 2. The van der Waals surface area contributed by atoms with E-state index < -0.39 is 0 Å². The summed E-state index contributed by atoms with van der Waals surface area (Å²) in [6.45, 7) is 2.07. The fourth-order valence-corrected chi connectivity index (χ4v) is 1.79. The van der Waals surface area contributed by atoms with Crippen LogP contribution in [0.15, 0.2) is 29.3 Å². The van der Waals surface area contributed by atoms with Crippen LogP contribution in [0.25, 0.3) is 5.52 Å². The second kappa shape index (κ2) is 2.34. The molecular formula is C8H7BrN2. The number of imidazole rings is 1. The molecule has 0 spiro atoms. The number of fused-ring (bicyclic) bond motifs is 1. The second-order valence-corrected chi connectivity index (χ2v) is 3.23. The minimum absolute atomic E-state index is 0.913. The number of pyridine rings is 1. The lowest BCUT2D eigenvalue weighted by Crippen LogP contribution is -1.83. The maximum absolute atomic E-state index is 4.14. The molecule has 0 aromatic carbocycles. The quantitative estimate of drug-likeness (QED) is 0.653. The van der Waals surface area contributed by atoms with E-state index in [1.165, 1.54) is 5.56 Å². The van der Waals surface area contributed by atoms with E-state index in [0.29, 0.717) is 0 Å². The lowest BCUT2D eigenvalue weighted by Gasteiger charge is -1.96. The molecule has 0 aliphatic rings. The third-order valence-electron chi connectivity index (χ3n) is 1.72. The number of aryl methyl sites for hydroxylation is 1. The first kappa shape index (κ1) is 6.85.